The van der Waals surface area contributed by atoms with Gasteiger partial charge in [-0.25, -0.2) is 4.39 Å². The predicted molar refractivity (Wildman–Crippen MR) is 120 cm³/mol. The summed E-state index contributed by atoms with van der Waals surface area (Å²) in [6, 6.07) is 15.2. The van der Waals surface area contributed by atoms with Crippen LogP contribution in [0, 0.1) is 5.82 Å². The van der Waals surface area contributed by atoms with E-state index in [4.69, 9.17) is 0 Å². The van der Waals surface area contributed by atoms with Crippen LogP contribution in [0.4, 0.5) is 10.2 Å². The zero-order chi connectivity index (χ0) is 21.7. The second-order valence-electron chi connectivity index (χ2n) is 7.67. The third-order valence-electron chi connectivity index (χ3n) is 3.99. The monoisotopic (exact) mass is 425 g/mol. The van der Waals surface area contributed by atoms with Crippen LogP contribution in [0.5, 0.6) is 0 Å². The predicted octanol–water partition coefficient (Wildman–Crippen LogP) is 4.93. The largest absolute Gasteiger partial charge is 0.351 e. The number of nitrogens with zero attached hydrogens (tertiary/aromatic N) is 2. The first-order valence-electron chi connectivity index (χ1n) is 9.37. The normalized spacial score (nSPS) is 12.0. The zero-order valence-corrected chi connectivity index (χ0v) is 18.1. The number of H-pyrrole nitrogens is 1. The van der Waals surface area contributed by atoms with Crippen molar-refractivity contribution >= 4 is 29.4 Å². The van der Waals surface area contributed by atoms with E-state index in [1.807, 2.05) is 45.2 Å². The van der Waals surface area contributed by atoms with Gasteiger partial charge in [-0.05, 0) is 69.5 Å². The Morgan fingerprint density at radius 3 is 2.53 bits per heavy atom. The first-order chi connectivity index (χ1) is 14.2. The molecule has 1 heterocycles. The molecular formula is C22H24FN5OS. The average molecular weight is 426 g/mol. The SMILES string of the molecule is CSc1cccc(C(=O)/N=C(\Nc2cc(-c3ccc(F)cc3)n[nH]2)NC(C)(C)C)c1. The van der Waals surface area contributed by atoms with Gasteiger partial charge in [0, 0.05) is 27.6 Å². The highest BCUT2D eigenvalue weighted by Crippen LogP contribution is 2.20. The molecule has 0 spiro atoms. The van der Waals surface area contributed by atoms with Crippen molar-refractivity contribution in [3.8, 4) is 11.3 Å². The van der Waals surface area contributed by atoms with Crippen molar-refractivity contribution in [3.05, 3.63) is 66.0 Å². The number of hydrogen-bond acceptors (Lipinski definition) is 3. The Bertz CT molecular complexity index is 1050. The molecule has 3 aromatic rings. The molecule has 30 heavy (non-hydrogen) atoms. The van der Waals surface area contributed by atoms with Gasteiger partial charge in [-0.3, -0.25) is 9.89 Å². The number of thioether (sulfide) groups is 1. The van der Waals surface area contributed by atoms with Crippen molar-refractivity contribution in [3.63, 3.8) is 0 Å². The molecule has 0 bridgehead atoms. The van der Waals surface area contributed by atoms with Crippen LogP contribution in [0.15, 0.2) is 64.5 Å². The van der Waals surface area contributed by atoms with Gasteiger partial charge in [-0.1, -0.05) is 6.07 Å². The van der Waals surface area contributed by atoms with Crippen LogP contribution in [0.3, 0.4) is 0 Å². The fraction of sp³-hybridized carbons (Fsp3) is 0.227. The topological polar surface area (TPSA) is 82.2 Å². The first kappa shape index (κ1) is 21.6. The summed E-state index contributed by atoms with van der Waals surface area (Å²) in [4.78, 5) is 18.0. The third-order valence-corrected chi connectivity index (χ3v) is 4.72. The molecule has 0 saturated heterocycles. The average Bonchev–Trinajstić information content (AvgIpc) is 3.15. The Balaban J connectivity index is 1.84. The lowest BCUT2D eigenvalue weighted by Crippen LogP contribution is -2.44. The summed E-state index contributed by atoms with van der Waals surface area (Å²) in [5.74, 6) is 0.191. The van der Waals surface area contributed by atoms with Gasteiger partial charge in [-0.15, -0.1) is 11.8 Å². The van der Waals surface area contributed by atoms with Crippen LogP contribution < -0.4 is 10.6 Å². The molecule has 0 aliphatic heterocycles. The minimum absolute atomic E-state index is 0.302. The number of hydrogen-bond donors (Lipinski definition) is 3. The van der Waals surface area contributed by atoms with Crippen molar-refractivity contribution in [2.24, 2.45) is 4.99 Å². The Labute approximate surface area is 179 Å². The van der Waals surface area contributed by atoms with E-state index in [1.54, 1.807) is 36.0 Å². The van der Waals surface area contributed by atoms with Crippen LogP contribution in [0.1, 0.15) is 31.1 Å². The lowest BCUT2D eigenvalue weighted by atomic mass is 10.1. The molecule has 0 atom stereocenters. The maximum Gasteiger partial charge on any atom is 0.280 e. The number of rotatable bonds is 4. The van der Waals surface area contributed by atoms with E-state index in [1.165, 1.54) is 12.1 Å². The lowest BCUT2D eigenvalue weighted by Gasteiger charge is -2.23. The molecule has 0 unspecified atom stereocenters. The van der Waals surface area contributed by atoms with E-state index in [2.05, 4.69) is 25.8 Å². The standard InChI is InChI=1S/C22H24FN5OS/c1-22(2,3)26-21(25-20(29)15-6-5-7-17(12-15)30-4)24-19-13-18(27-28-19)14-8-10-16(23)11-9-14/h5-13H,1-4H3,(H3,24,25,26,27,28,29). The first-order valence-corrected chi connectivity index (χ1v) is 10.6. The fourth-order valence-electron chi connectivity index (χ4n) is 2.65. The molecule has 8 heteroatoms. The van der Waals surface area contributed by atoms with Gasteiger partial charge < -0.3 is 10.6 Å². The number of aliphatic imine (C=N–C) groups is 1. The van der Waals surface area contributed by atoms with E-state index < -0.39 is 0 Å². The summed E-state index contributed by atoms with van der Waals surface area (Å²) < 4.78 is 13.1. The minimum atomic E-state index is -0.358. The van der Waals surface area contributed by atoms with Crippen LogP contribution in [0.2, 0.25) is 0 Å². The molecule has 0 aliphatic rings. The quantitative estimate of drug-likeness (QED) is 0.314. The van der Waals surface area contributed by atoms with Crippen molar-refractivity contribution in [2.75, 3.05) is 11.6 Å². The van der Waals surface area contributed by atoms with Crippen LogP contribution >= 0.6 is 11.8 Å². The molecule has 0 fully saturated rings. The number of aromatic nitrogens is 2. The number of nitrogens with one attached hydrogen (secondary N) is 3. The van der Waals surface area contributed by atoms with Crippen molar-refractivity contribution in [2.45, 2.75) is 31.2 Å². The summed E-state index contributed by atoms with van der Waals surface area (Å²) in [6.07, 6.45) is 1.96. The Hall–Kier alpha value is -3.13. The minimum Gasteiger partial charge on any atom is -0.351 e. The molecule has 3 N–H and O–H groups in total. The molecule has 0 saturated carbocycles. The van der Waals surface area contributed by atoms with Gasteiger partial charge in [-0.2, -0.15) is 10.1 Å². The number of amides is 1. The smallest absolute Gasteiger partial charge is 0.280 e. The maximum absolute atomic E-state index is 13.1. The third kappa shape index (κ3) is 5.93. The summed E-state index contributed by atoms with van der Waals surface area (Å²) in [6.45, 7) is 5.92. The van der Waals surface area contributed by atoms with Crippen molar-refractivity contribution in [1.82, 2.24) is 15.5 Å². The van der Waals surface area contributed by atoms with Gasteiger partial charge >= 0.3 is 0 Å². The van der Waals surface area contributed by atoms with Crippen LogP contribution in [0.25, 0.3) is 11.3 Å². The van der Waals surface area contributed by atoms with Gasteiger partial charge in [0.2, 0.25) is 5.96 Å². The number of carbonyl (C=O) groups excluding carboxylic acids is 1. The molecule has 1 aromatic heterocycles. The molecule has 156 valence electrons. The number of halogens is 1. The molecule has 6 nitrogen and oxygen atoms in total. The van der Waals surface area contributed by atoms with Crippen molar-refractivity contribution in [1.29, 1.82) is 0 Å². The second-order valence-corrected chi connectivity index (χ2v) is 8.55. The van der Waals surface area contributed by atoms with E-state index in [0.29, 0.717) is 23.0 Å². The number of benzene rings is 2. The number of guanidine groups is 1. The van der Waals surface area contributed by atoms with E-state index in [0.717, 1.165) is 10.5 Å². The van der Waals surface area contributed by atoms with Gasteiger partial charge in [0.15, 0.2) is 0 Å². The van der Waals surface area contributed by atoms with Gasteiger partial charge in [0.25, 0.3) is 5.91 Å². The highest BCUT2D eigenvalue weighted by molar-refractivity contribution is 7.98. The number of aromatic amines is 1. The summed E-state index contributed by atoms with van der Waals surface area (Å²) in [7, 11) is 0. The van der Waals surface area contributed by atoms with Crippen LogP contribution in [-0.2, 0) is 0 Å². The highest BCUT2D eigenvalue weighted by atomic mass is 32.2. The Kier molecular flexibility index (Phi) is 6.56. The molecule has 1 amide bonds. The van der Waals surface area contributed by atoms with Gasteiger partial charge in [0.1, 0.15) is 11.6 Å². The molecule has 0 aliphatic carbocycles. The second kappa shape index (κ2) is 9.13. The highest BCUT2D eigenvalue weighted by Gasteiger charge is 2.16. The summed E-state index contributed by atoms with van der Waals surface area (Å²) in [5, 5.41) is 13.4. The number of anilines is 1. The van der Waals surface area contributed by atoms with Crippen LogP contribution in [-0.4, -0.2) is 33.9 Å². The molecule has 0 radical (unpaired) electrons. The maximum atomic E-state index is 13.1. The zero-order valence-electron chi connectivity index (χ0n) is 17.3. The van der Waals surface area contributed by atoms with E-state index in [9.17, 15) is 9.18 Å². The van der Waals surface area contributed by atoms with Crippen molar-refractivity contribution < 1.29 is 9.18 Å². The summed E-state index contributed by atoms with van der Waals surface area (Å²) in [5.41, 5.74) is 1.60. The Morgan fingerprint density at radius 1 is 1.13 bits per heavy atom. The Morgan fingerprint density at radius 2 is 1.87 bits per heavy atom. The molecule has 3 rings (SSSR count). The molecular weight excluding hydrogens is 401 g/mol. The molecule has 2 aromatic carbocycles. The summed E-state index contributed by atoms with van der Waals surface area (Å²) >= 11 is 1.56. The fourth-order valence-corrected chi connectivity index (χ4v) is 3.11. The van der Waals surface area contributed by atoms with Gasteiger partial charge in [0.05, 0.1) is 5.69 Å². The number of carbonyl (C=O) groups is 1. The van der Waals surface area contributed by atoms with E-state index in [-0.39, 0.29) is 17.3 Å². The van der Waals surface area contributed by atoms with E-state index >= 15 is 0 Å². The lowest BCUT2D eigenvalue weighted by molar-refractivity contribution is 0.100.